The summed E-state index contributed by atoms with van der Waals surface area (Å²) in [7, 11) is 0. The number of hydrogen-bond donors (Lipinski definition) is 4. The van der Waals surface area contributed by atoms with Gasteiger partial charge >= 0.3 is 6.18 Å². The predicted octanol–water partition coefficient (Wildman–Crippen LogP) is 9.71. The zero-order valence-corrected chi connectivity index (χ0v) is 25.9. The third-order valence-corrected chi connectivity index (χ3v) is 8.37. The van der Waals surface area contributed by atoms with Crippen molar-refractivity contribution in [1.82, 2.24) is 9.97 Å². The highest BCUT2D eigenvalue weighted by Crippen LogP contribution is 2.43. The zero-order valence-electron chi connectivity index (χ0n) is 25.9. The van der Waals surface area contributed by atoms with Crippen LogP contribution in [-0.4, -0.2) is 30.4 Å². The summed E-state index contributed by atoms with van der Waals surface area (Å²) in [6.45, 7) is 5.36. The lowest BCUT2D eigenvalue weighted by atomic mass is 9.92. The number of alkyl halides is 3. The molecule has 246 valence electrons. The van der Waals surface area contributed by atoms with Crippen molar-refractivity contribution in [3.8, 4) is 45.4 Å². The number of phenolic OH excluding ortho intramolecular Hbond substituents is 4. The minimum absolute atomic E-state index is 0.0138. The van der Waals surface area contributed by atoms with E-state index < -0.39 is 46.2 Å². The first-order chi connectivity index (χ1) is 22.6. The lowest BCUT2D eigenvalue weighted by molar-refractivity contribution is -0.136. The Morgan fingerprint density at radius 3 is 1.90 bits per heavy atom. The van der Waals surface area contributed by atoms with Gasteiger partial charge in [-0.25, -0.2) is 18.7 Å². The van der Waals surface area contributed by atoms with Crippen LogP contribution >= 0.6 is 0 Å². The molecule has 1 unspecified atom stereocenters. The van der Waals surface area contributed by atoms with Crippen molar-refractivity contribution in [1.29, 1.82) is 0 Å². The van der Waals surface area contributed by atoms with Crippen molar-refractivity contribution >= 4 is 21.8 Å². The fraction of sp³-hybridized carbons (Fsp3) is 0.189. The Bertz CT molecular complexity index is 2190. The first-order valence-corrected chi connectivity index (χ1v) is 15.0. The first-order valence-electron chi connectivity index (χ1n) is 15.0. The van der Waals surface area contributed by atoms with Gasteiger partial charge in [0.15, 0.2) is 0 Å². The van der Waals surface area contributed by atoms with Crippen LogP contribution < -0.4 is 0 Å². The summed E-state index contributed by atoms with van der Waals surface area (Å²) in [5, 5.41) is 42.8. The van der Waals surface area contributed by atoms with Gasteiger partial charge in [-0.3, -0.25) is 0 Å². The molecule has 4 aromatic carbocycles. The van der Waals surface area contributed by atoms with E-state index in [0.29, 0.717) is 27.8 Å². The van der Waals surface area contributed by atoms with Crippen LogP contribution in [0.15, 0.2) is 72.8 Å². The summed E-state index contributed by atoms with van der Waals surface area (Å²) in [4.78, 5) is 8.67. The number of rotatable bonds is 6. The van der Waals surface area contributed by atoms with Crippen molar-refractivity contribution in [2.24, 2.45) is 0 Å². The summed E-state index contributed by atoms with van der Waals surface area (Å²) >= 11 is 0. The molecule has 4 N–H and O–H groups in total. The van der Waals surface area contributed by atoms with Crippen molar-refractivity contribution < 1.29 is 42.4 Å². The molecule has 0 aliphatic rings. The van der Waals surface area contributed by atoms with Crippen LogP contribution in [0.4, 0.5) is 22.0 Å². The van der Waals surface area contributed by atoms with Gasteiger partial charge in [-0.15, -0.1) is 0 Å². The van der Waals surface area contributed by atoms with E-state index in [-0.39, 0.29) is 51.7 Å². The van der Waals surface area contributed by atoms with E-state index in [1.807, 2.05) is 13.8 Å². The lowest BCUT2D eigenvalue weighted by Gasteiger charge is -2.18. The Kier molecular flexibility index (Phi) is 8.10. The smallest absolute Gasteiger partial charge is 0.417 e. The first kappa shape index (κ1) is 32.5. The molecule has 2 aromatic heterocycles. The summed E-state index contributed by atoms with van der Waals surface area (Å²) in [6.07, 6.45) is -4.66. The van der Waals surface area contributed by atoms with Gasteiger partial charge in [-0.05, 0) is 96.1 Å². The van der Waals surface area contributed by atoms with Gasteiger partial charge in [0.05, 0.1) is 16.8 Å². The van der Waals surface area contributed by atoms with Gasteiger partial charge in [0.25, 0.3) is 0 Å². The Hall–Kier alpha value is -5.45. The molecule has 6 nitrogen and oxygen atoms in total. The number of phenols is 4. The molecule has 11 heteroatoms. The minimum atomic E-state index is -4.82. The van der Waals surface area contributed by atoms with Crippen molar-refractivity contribution in [2.75, 3.05) is 0 Å². The second kappa shape index (κ2) is 12.0. The summed E-state index contributed by atoms with van der Waals surface area (Å²) < 4.78 is 70.7. The second-order valence-electron chi connectivity index (χ2n) is 12.2. The van der Waals surface area contributed by atoms with Gasteiger partial charge in [0.1, 0.15) is 40.1 Å². The Morgan fingerprint density at radius 2 is 1.27 bits per heavy atom. The molecule has 0 bridgehead atoms. The minimum Gasteiger partial charge on any atom is -0.507 e. The number of aromatic nitrogens is 2. The van der Waals surface area contributed by atoms with E-state index in [2.05, 4.69) is 9.97 Å². The molecular weight excluding hydrogens is 631 g/mol. The zero-order chi connectivity index (χ0) is 34.7. The largest absolute Gasteiger partial charge is 0.507 e. The van der Waals surface area contributed by atoms with Gasteiger partial charge in [-0.2, -0.15) is 13.2 Å². The number of hydrogen-bond acceptors (Lipinski definition) is 6. The molecule has 0 saturated carbocycles. The molecule has 0 aliphatic carbocycles. The highest BCUT2D eigenvalue weighted by atomic mass is 19.4. The summed E-state index contributed by atoms with van der Waals surface area (Å²) in [5.41, 5.74) is 0.477. The number of halogens is 5. The molecule has 6 rings (SSSR count). The molecule has 0 spiro atoms. The van der Waals surface area contributed by atoms with Crippen molar-refractivity contribution in [3.05, 3.63) is 107 Å². The number of benzene rings is 4. The third kappa shape index (κ3) is 6.03. The highest BCUT2D eigenvalue weighted by Gasteiger charge is 2.34. The maximum atomic E-state index is 15.4. The quantitative estimate of drug-likeness (QED) is 0.133. The van der Waals surface area contributed by atoms with Crippen LogP contribution in [0.2, 0.25) is 0 Å². The van der Waals surface area contributed by atoms with Crippen LogP contribution in [0.1, 0.15) is 55.0 Å². The van der Waals surface area contributed by atoms with Crippen LogP contribution in [0.5, 0.6) is 23.0 Å². The van der Waals surface area contributed by atoms with Gasteiger partial charge in [0, 0.05) is 33.2 Å². The SMILES string of the molecule is CC(C)c1c(O)cc(-c2cc(F)c3nc(CC(C)c4c(O)cc(-c5cc(C(F)(F)F)c6cc(F)ccc6n5)cc4O)ccc3c2)cc1O. The standard InChI is InChI=1S/C37H29F5N2O4/c1-17(2)34-30(45)11-21(12-31(34)46)20-9-19-4-6-24(43-36(19)27(39)10-20)8-18(3)35-32(47)13-22(14-33(35)48)29-16-26(37(40,41)42)25-15-23(38)5-7-28(25)44-29/h4-7,9-18,45-48H,8H2,1-3H3. The Labute approximate surface area is 271 Å². The van der Waals surface area contributed by atoms with Gasteiger partial charge < -0.3 is 20.4 Å². The third-order valence-electron chi connectivity index (χ3n) is 8.37. The molecule has 0 fully saturated rings. The van der Waals surface area contributed by atoms with Gasteiger partial charge in [-0.1, -0.05) is 26.8 Å². The molecule has 48 heavy (non-hydrogen) atoms. The fourth-order valence-electron chi connectivity index (χ4n) is 6.17. The Morgan fingerprint density at radius 1 is 0.667 bits per heavy atom. The number of pyridine rings is 2. The van der Waals surface area contributed by atoms with Crippen molar-refractivity contribution in [3.63, 3.8) is 0 Å². The van der Waals surface area contributed by atoms with Crippen LogP contribution in [-0.2, 0) is 12.6 Å². The molecule has 0 saturated heterocycles. The molecule has 0 aliphatic heterocycles. The van der Waals surface area contributed by atoms with Gasteiger partial charge in [0.2, 0.25) is 0 Å². The molecule has 6 aromatic rings. The maximum Gasteiger partial charge on any atom is 0.417 e. The van der Waals surface area contributed by atoms with Crippen LogP contribution in [0.25, 0.3) is 44.2 Å². The second-order valence-corrected chi connectivity index (χ2v) is 12.2. The van der Waals surface area contributed by atoms with E-state index >= 15 is 4.39 Å². The fourth-order valence-corrected chi connectivity index (χ4v) is 6.17. The van der Waals surface area contributed by atoms with Crippen molar-refractivity contribution in [2.45, 2.75) is 45.2 Å². The number of fused-ring (bicyclic) bond motifs is 2. The number of nitrogens with zero attached hydrogens (tertiary/aromatic N) is 2. The van der Waals surface area contributed by atoms with Crippen LogP contribution in [0.3, 0.4) is 0 Å². The molecule has 1 atom stereocenters. The maximum absolute atomic E-state index is 15.4. The molecule has 0 amide bonds. The average Bonchev–Trinajstić information content (AvgIpc) is 2.99. The van der Waals surface area contributed by atoms with E-state index in [0.717, 1.165) is 24.3 Å². The van der Waals surface area contributed by atoms with E-state index in [1.54, 1.807) is 25.1 Å². The number of aromatic hydroxyl groups is 4. The van der Waals surface area contributed by atoms with Crippen LogP contribution in [0, 0.1) is 11.6 Å². The highest BCUT2D eigenvalue weighted by molar-refractivity contribution is 5.87. The topological polar surface area (TPSA) is 107 Å². The summed E-state index contributed by atoms with van der Waals surface area (Å²) in [6, 6.07) is 15.2. The molecule has 2 heterocycles. The normalized spacial score (nSPS) is 12.7. The Balaban J connectivity index is 1.30. The van der Waals surface area contributed by atoms with E-state index in [4.69, 9.17) is 0 Å². The van der Waals surface area contributed by atoms with E-state index in [9.17, 15) is 38.0 Å². The summed E-state index contributed by atoms with van der Waals surface area (Å²) in [5.74, 6) is -3.15. The monoisotopic (exact) mass is 660 g/mol. The molecule has 0 radical (unpaired) electrons. The average molecular weight is 661 g/mol. The molecular formula is C37H29F5N2O4. The predicted molar refractivity (Wildman–Crippen MR) is 172 cm³/mol. The van der Waals surface area contributed by atoms with E-state index in [1.165, 1.54) is 30.3 Å². The lowest BCUT2D eigenvalue weighted by Crippen LogP contribution is -2.07.